The molecule has 1 saturated heterocycles. The van der Waals surface area contributed by atoms with Crippen molar-refractivity contribution in [2.75, 3.05) is 37.7 Å². The van der Waals surface area contributed by atoms with Crippen molar-refractivity contribution in [3.8, 4) is 0 Å². The number of nitrogens with one attached hydrogen (secondary N) is 1. The Morgan fingerprint density at radius 2 is 1.89 bits per heavy atom. The van der Waals surface area contributed by atoms with Gasteiger partial charge < -0.3 is 20.1 Å². The van der Waals surface area contributed by atoms with Crippen LogP contribution in [-0.4, -0.2) is 47.9 Å². The topological polar surface area (TPSA) is 70.5 Å². The minimum atomic E-state index is -4.43. The van der Waals surface area contributed by atoms with Gasteiger partial charge in [-0.1, -0.05) is 12.1 Å². The van der Waals surface area contributed by atoms with E-state index in [1.54, 1.807) is 12.4 Å². The van der Waals surface area contributed by atoms with Crippen molar-refractivity contribution in [2.24, 2.45) is 0 Å². The lowest BCUT2D eigenvalue weighted by Crippen LogP contribution is -2.37. The van der Waals surface area contributed by atoms with Gasteiger partial charge in [0.1, 0.15) is 0 Å². The van der Waals surface area contributed by atoms with Gasteiger partial charge in [0.25, 0.3) is 0 Å². The number of benzene rings is 1. The SMILES string of the molecule is OC(CNCc1cnc(N2CCOCC2)nc1)c1cccc(C(F)(F)F)c1. The molecule has 9 heteroatoms. The first kappa shape index (κ1) is 19.5. The van der Waals surface area contributed by atoms with Gasteiger partial charge in [-0.05, 0) is 17.7 Å². The normalized spacial score (nSPS) is 16.4. The number of rotatable bonds is 6. The summed E-state index contributed by atoms with van der Waals surface area (Å²) in [6.45, 7) is 3.33. The lowest BCUT2D eigenvalue weighted by molar-refractivity contribution is -0.137. The van der Waals surface area contributed by atoms with E-state index in [9.17, 15) is 18.3 Å². The van der Waals surface area contributed by atoms with Crippen LogP contribution in [0.1, 0.15) is 22.8 Å². The van der Waals surface area contributed by atoms with Gasteiger partial charge in [0.2, 0.25) is 5.95 Å². The molecule has 1 unspecified atom stereocenters. The molecule has 0 aliphatic carbocycles. The van der Waals surface area contributed by atoms with Crippen LogP contribution in [0.2, 0.25) is 0 Å². The molecule has 6 nitrogen and oxygen atoms in total. The van der Waals surface area contributed by atoms with Crippen LogP contribution in [0.5, 0.6) is 0 Å². The molecule has 0 saturated carbocycles. The molecule has 146 valence electrons. The van der Waals surface area contributed by atoms with E-state index in [1.165, 1.54) is 12.1 Å². The molecular weight excluding hydrogens is 361 g/mol. The summed E-state index contributed by atoms with van der Waals surface area (Å²) in [4.78, 5) is 10.7. The molecule has 2 heterocycles. The maximum absolute atomic E-state index is 12.8. The third-order valence-electron chi connectivity index (χ3n) is 4.25. The highest BCUT2D eigenvalue weighted by Gasteiger charge is 2.30. The summed E-state index contributed by atoms with van der Waals surface area (Å²) in [7, 11) is 0. The van der Waals surface area contributed by atoms with Crippen molar-refractivity contribution in [3.63, 3.8) is 0 Å². The summed E-state index contributed by atoms with van der Waals surface area (Å²) < 4.78 is 43.5. The van der Waals surface area contributed by atoms with Gasteiger partial charge >= 0.3 is 6.18 Å². The highest BCUT2D eigenvalue weighted by atomic mass is 19.4. The predicted molar refractivity (Wildman–Crippen MR) is 93.2 cm³/mol. The lowest BCUT2D eigenvalue weighted by atomic mass is 10.1. The molecule has 1 fully saturated rings. The average Bonchev–Trinajstić information content (AvgIpc) is 2.68. The molecule has 1 atom stereocenters. The Balaban J connectivity index is 1.50. The van der Waals surface area contributed by atoms with Crippen molar-refractivity contribution >= 4 is 5.95 Å². The fraction of sp³-hybridized carbons (Fsp3) is 0.444. The first-order valence-corrected chi connectivity index (χ1v) is 8.63. The molecule has 1 aliphatic heterocycles. The summed E-state index contributed by atoms with van der Waals surface area (Å²) in [5.41, 5.74) is 0.269. The van der Waals surface area contributed by atoms with E-state index in [4.69, 9.17) is 4.74 Å². The standard InChI is InChI=1S/C18H21F3N4O2/c19-18(20,21)15-3-1-2-14(8-15)16(26)12-22-9-13-10-23-17(24-11-13)25-4-6-27-7-5-25/h1-3,8,10-11,16,22,26H,4-7,9,12H2. The van der Waals surface area contributed by atoms with Gasteiger partial charge in [-0.15, -0.1) is 0 Å². The van der Waals surface area contributed by atoms with Crippen LogP contribution in [0.3, 0.4) is 0 Å². The zero-order chi connectivity index (χ0) is 19.3. The molecular formula is C18H21F3N4O2. The van der Waals surface area contributed by atoms with Gasteiger partial charge in [0.15, 0.2) is 0 Å². The second kappa shape index (κ2) is 8.64. The van der Waals surface area contributed by atoms with Crippen molar-refractivity contribution in [2.45, 2.75) is 18.8 Å². The molecule has 1 aromatic carbocycles. The second-order valence-electron chi connectivity index (χ2n) is 6.26. The van der Waals surface area contributed by atoms with Gasteiger partial charge in [-0.3, -0.25) is 0 Å². The van der Waals surface area contributed by atoms with Gasteiger partial charge in [0, 0.05) is 44.1 Å². The number of alkyl halides is 3. The summed E-state index contributed by atoms with van der Waals surface area (Å²) in [6, 6.07) is 4.71. The van der Waals surface area contributed by atoms with Crippen LogP contribution in [0.4, 0.5) is 19.1 Å². The Labute approximate surface area is 155 Å². The number of morpholine rings is 1. The van der Waals surface area contributed by atoms with Gasteiger partial charge in [-0.25, -0.2) is 9.97 Å². The highest BCUT2D eigenvalue weighted by molar-refractivity contribution is 5.30. The number of halogens is 3. The Morgan fingerprint density at radius 3 is 2.56 bits per heavy atom. The summed E-state index contributed by atoms with van der Waals surface area (Å²) in [5, 5.41) is 13.1. The number of aliphatic hydroxyl groups excluding tert-OH is 1. The lowest BCUT2D eigenvalue weighted by Gasteiger charge is -2.26. The van der Waals surface area contributed by atoms with E-state index < -0.39 is 17.8 Å². The van der Waals surface area contributed by atoms with Crippen LogP contribution >= 0.6 is 0 Å². The number of aliphatic hydroxyl groups is 1. The highest BCUT2D eigenvalue weighted by Crippen LogP contribution is 2.30. The number of hydrogen-bond acceptors (Lipinski definition) is 6. The smallest absolute Gasteiger partial charge is 0.387 e. The third kappa shape index (κ3) is 5.38. The Kier molecular flexibility index (Phi) is 6.25. The number of anilines is 1. The van der Waals surface area contributed by atoms with Crippen LogP contribution in [0.15, 0.2) is 36.7 Å². The van der Waals surface area contributed by atoms with E-state index in [2.05, 4.69) is 15.3 Å². The van der Waals surface area contributed by atoms with Crippen molar-refractivity contribution in [1.29, 1.82) is 0 Å². The van der Waals surface area contributed by atoms with Gasteiger partial charge in [0.05, 0.1) is 24.9 Å². The summed E-state index contributed by atoms with van der Waals surface area (Å²) in [5.74, 6) is 0.644. The monoisotopic (exact) mass is 382 g/mol. The van der Waals surface area contributed by atoms with Crippen molar-refractivity contribution < 1.29 is 23.0 Å². The minimum absolute atomic E-state index is 0.118. The third-order valence-corrected chi connectivity index (χ3v) is 4.25. The summed E-state index contributed by atoms with van der Waals surface area (Å²) in [6.07, 6.45) is -2.08. The van der Waals surface area contributed by atoms with E-state index in [0.29, 0.717) is 25.7 Å². The van der Waals surface area contributed by atoms with E-state index in [-0.39, 0.29) is 12.1 Å². The average molecular weight is 382 g/mol. The Bertz CT molecular complexity index is 734. The maximum Gasteiger partial charge on any atom is 0.416 e. The van der Waals surface area contributed by atoms with Crippen LogP contribution in [-0.2, 0) is 17.5 Å². The number of nitrogens with zero attached hydrogens (tertiary/aromatic N) is 3. The van der Waals surface area contributed by atoms with Crippen molar-refractivity contribution in [1.82, 2.24) is 15.3 Å². The van der Waals surface area contributed by atoms with Gasteiger partial charge in [-0.2, -0.15) is 13.2 Å². The molecule has 0 spiro atoms. The molecule has 0 amide bonds. The molecule has 27 heavy (non-hydrogen) atoms. The number of aromatic nitrogens is 2. The van der Waals surface area contributed by atoms with Crippen LogP contribution < -0.4 is 10.2 Å². The molecule has 1 aromatic heterocycles. The summed E-state index contributed by atoms with van der Waals surface area (Å²) >= 11 is 0. The predicted octanol–water partition coefficient (Wildman–Crippen LogP) is 2.16. The quantitative estimate of drug-likeness (QED) is 0.798. The molecule has 1 aliphatic rings. The number of ether oxygens (including phenoxy) is 1. The Hall–Kier alpha value is -2.23. The maximum atomic E-state index is 12.8. The second-order valence-corrected chi connectivity index (χ2v) is 6.26. The zero-order valence-electron chi connectivity index (χ0n) is 14.6. The fourth-order valence-corrected chi connectivity index (χ4v) is 2.76. The van der Waals surface area contributed by atoms with Crippen LogP contribution in [0.25, 0.3) is 0 Å². The largest absolute Gasteiger partial charge is 0.416 e. The molecule has 2 N–H and O–H groups in total. The van der Waals surface area contributed by atoms with Crippen LogP contribution in [0, 0.1) is 0 Å². The molecule has 0 radical (unpaired) electrons. The fourth-order valence-electron chi connectivity index (χ4n) is 2.76. The van der Waals surface area contributed by atoms with Crippen molar-refractivity contribution in [3.05, 3.63) is 53.3 Å². The number of hydrogen-bond donors (Lipinski definition) is 2. The molecule has 0 bridgehead atoms. The van der Waals surface area contributed by atoms with E-state index in [0.717, 1.165) is 30.8 Å². The molecule has 2 aromatic rings. The van der Waals surface area contributed by atoms with E-state index in [1.807, 2.05) is 4.90 Å². The minimum Gasteiger partial charge on any atom is -0.387 e. The first-order valence-electron chi connectivity index (χ1n) is 8.63. The first-order chi connectivity index (χ1) is 12.9. The van der Waals surface area contributed by atoms with E-state index >= 15 is 0 Å². The zero-order valence-corrected chi connectivity index (χ0v) is 14.6. The Morgan fingerprint density at radius 1 is 1.19 bits per heavy atom. The molecule has 3 rings (SSSR count).